The van der Waals surface area contributed by atoms with Gasteiger partial charge in [0.2, 0.25) is 0 Å². The molecule has 22 heavy (non-hydrogen) atoms. The van der Waals surface area contributed by atoms with Crippen LogP contribution in [0.3, 0.4) is 0 Å². The lowest BCUT2D eigenvalue weighted by molar-refractivity contribution is 0.000156. The van der Waals surface area contributed by atoms with Crippen molar-refractivity contribution in [3.05, 3.63) is 52.4 Å². The summed E-state index contributed by atoms with van der Waals surface area (Å²) in [7, 11) is 1.70. The first-order valence-electron chi connectivity index (χ1n) is 7.38. The molecule has 116 valence electrons. The molecule has 1 heterocycles. The Morgan fingerprint density at radius 3 is 2.45 bits per heavy atom. The van der Waals surface area contributed by atoms with Crippen LogP contribution in [0.5, 0.6) is 0 Å². The Kier molecular flexibility index (Phi) is 3.74. The van der Waals surface area contributed by atoms with Gasteiger partial charge in [0.1, 0.15) is 11.3 Å². The molecule has 0 atom stereocenters. The van der Waals surface area contributed by atoms with Gasteiger partial charge in [-0.05, 0) is 25.0 Å². The lowest BCUT2D eigenvalue weighted by Gasteiger charge is -2.27. The number of aryl methyl sites for hydroxylation is 2. The Morgan fingerprint density at radius 2 is 1.95 bits per heavy atom. The lowest BCUT2D eigenvalue weighted by Crippen LogP contribution is -2.45. The Bertz CT molecular complexity index is 661. The molecule has 1 N–H and O–H groups in total. The minimum atomic E-state index is -0.377. The molecule has 0 fully saturated rings. The standard InChI is InChI=1S/C17H20N2O3/c1-11-15(12(2)22-19-11)16(20)18-10-17(21-3)8-13-6-4-5-7-14(13)9-17/h4-7H,8-10H2,1-3H3,(H,18,20). The molecule has 1 aliphatic carbocycles. The number of benzene rings is 1. The van der Waals surface area contributed by atoms with E-state index in [1.54, 1.807) is 21.0 Å². The van der Waals surface area contributed by atoms with Gasteiger partial charge in [-0.1, -0.05) is 29.4 Å². The summed E-state index contributed by atoms with van der Waals surface area (Å²) in [5.74, 6) is 0.375. The smallest absolute Gasteiger partial charge is 0.256 e. The van der Waals surface area contributed by atoms with Crippen molar-refractivity contribution in [1.82, 2.24) is 10.5 Å². The lowest BCUT2D eigenvalue weighted by atomic mass is 10.00. The molecule has 2 aromatic rings. The van der Waals surface area contributed by atoms with Crippen molar-refractivity contribution in [3.8, 4) is 0 Å². The van der Waals surface area contributed by atoms with Crippen LogP contribution in [0.4, 0.5) is 0 Å². The molecule has 0 spiro atoms. The molecule has 3 rings (SSSR count). The molecule has 0 unspecified atom stereocenters. The average Bonchev–Trinajstić information content (AvgIpc) is 3.05. The fourth-order valence-corrected chi connectivity index (χ4v) is 3.14. The minimum absolute atomic E-state index is 0.163. The topological polar surface area (TPSA) is 64.4 Å². The molecular weight excluding hydrogens is 280 g/mol. The predicted molar refractivity (Wildman–Crippen MR) is 81.9 cm³/mol. The van der Waals surface area contributed by atoms with E-state index < -0.39 is 0 Å². The number of rotatable bonds is 4. The second kappa shape index (κ2) is 5.57. The SMILES string of the molecule is COC1(CNC(=O)c2c(C)noc2C)Cc2ccccc2C1. The highest BCUT2D eigenvalue weighted by Crippen LogP contribution is 2.32. The third kappa shape index (κ3) is 2.52. The largest absolute Gasteiger partial charge is 0.376 e. The highest BCUT2D eigenvalue weighted by Gasteiger charge is 2.37. The number of hydrogen-bond acceptors (Lipinski definition) is 4. The number of hydrogen-bond donors (Lipinski definition) is 1. The fraction of sp³-hybridized carbons (Fsp3) is 0.412. The number of carbonyl (C=O) groups excluding carboxylic acids is 1. The second-order valence-electron chi connectivity index (χ2n) is 5.89. The first kappa shape index (κ1) is 14.8. The van der Waals surface area contributed by atoms with E-state index in [2.05, 4.69) is 22.6 Å². The van der Waals surface area contributed by atoms with Crippen LogP contribution in [-0.2, 0) is 17.6 Å². The van der Waals surface area contributed by atoms with E-state index in [0.29, 0.717) is 23.6 Å². The Labute approximate surface area is 129 Å². The third-order valence-electron chi connectivity index (χ3n) is 4.41. The molecule has 0 aliphatic heterocycles. The number of aromatic nitrogens is 1. The van der Waals surface area contributed by atoms with Crippen LogP contribution in [0.2, 0.25) is 0 Å². The van der Waals surface area contributed by atoms with E-state index in [9.17, 15) is 4.79 Å². The van der Waals surface area contributed by atoms with Gasteiger partial charge in [-0.2, -0.15) is 0 Å². The zero-order valence-electron chi connectivity index (χ0n) is 13.1. The summed E-state index contributed by atoms with van der Waals surface area (Å²) >= 11 is 0. The maximum atomic E-state index is 12.4. The highest BCUT2D eigenvalue weighted by atomic mass is 16.5. The average molecular weight is 300 g/mol. The highest BCUT2D eigenvalue weighted by molar-refractivity contribution is 5.96. The molecular formula is C17H20N2O3. The third-order valence-corrected chi connectivity index (χ3v) is 4.41. The van der Waals surface area contributed by atoms with Gasteiger partial charge in [-0.15, -0.1) is 0 Å². The van der Waals surface area contributed by atoms with Crippen LogP contribution >= 0.6 is 0 Å². The number of amides is 1. The van der Waals surface area contributed by atoms with Gasteiger partial charge >= 0.3 is 0 Å². The molecule has 1 amide bonds. The number of carbonyl (C=O) groups is 1. The van der Waals surface area contributed by atoms with Crippen LogP contribution < -0.4 is 5.32 Å². The van der Waals surface area contributed by atoms with E-state index in [0.717, 1.165) is 12.8 Å². The maximum absolute atomic E-state index is 12.4. The zero-order valence-corrected chi connectivity index (χ0v) is 13.1. The van der Waals surface area contributed by atoms with E-state index in [-0.39, 0.29) is 11.5 Å². The molecule has 1 aromatic heterocycles. The van der Waals surface area contributed by atoms with Crippen LogP contribution in [-0.4, -0.2) is 30.3 Å². The minimum Gasteiger partial charge on any atom is -0.376 e. The molecule has 0 radical (unpaired) electrons. The Hall–Kier alpha value is -2.14. The van der Waals surface area contributed by atoms with E-state index >= 15 is 0 Å². The van der Waals surface area contributed by atoms with Crippen molar-refractivity contribution in [3.63, 3.8) is 0 Å². The molecule has 0 saturated carbocycles. The van der Waals surface area contributed by atoms with E-state index in [4.69, 9.17) is 9.26 Å². The monoisotopic (exact) mass is 300 g/mol. The summed E-state index contributed by atoms with van der Waals surface area (Å²) in [5.41, 5.74) is 3.32. The number of ether oxygens (including phenoxy) is 1. The van der Waals surface area contributed by atoms with Gasteiger partial charge in [-0.25, -0.2) is 0 Å². The quantitative estimate of drug-likeness (QED) is 0.940. The van der Waals surface area contributed by atoms with Gasteiger partial charge in [0.05, 0.1) is 11.3 Å². The molecule has 5 heteroatoms. The summed E-state index contributed by atoms with van der Waals surface area (Å²) in [6.07, 6.45) is 1.61. The predicted octanol–water partition coefficient (Wildman–Crippen LogP) is 2.21. The fourth-order valence-electron chi connectivity index (χ4n) is 3.14. The molecule has 0 saturated heterocycles. The Morgan fingerprint density at radius 1 is 1.32 bits per heavy atom. The normalized spacial score (nSPS) is 15.6. The zero-order chi connectivity index (χ0) is 15.7. The first-order chi connectivity index (χ1) is 10.5. The number of nitrogens with zero attached hydrogens (tertiary/aromatic N) is 1. The summed E-state index contributed by atoms with van der Waals surface area (Å²) in [6, 6.07) is 8.30. The molecule has 5 nitrogen and oxygen atoms in total. The van der Waals surface area contributed by atoms with Gasteiger partial charge in [-0.3, -0.25) is 4.79 Å². The summed E-state index contributed by atoms with van der Waals surface area (Å²) in [4.78, 5) is 12.4. The van der Waals surface area contributed by atoms with Crippen molar-refractivity contribution in [2.45, 2.75) is 32.3 Å². The molecule has 1 aromatic carbocycles. The van der Waals surface area contributed by atoms with Gasteiger partial charge < -0.3 is 14.6 Å². The van der Waals surface area contributed by atoms with Crippen LogP contribution in [0.25, 0.3) is 0 Å². The second-order valence-corrected chi connectivity index (χ2v) is 5.89. The van der Waals surface area contributed by atoms with E-state index in [1.165, 1.54) is 11.1 Å². The van der Waals surface area contributed by atoms with Crippen LogP contribution in [0.15, 0.2) is 28.8 Å². The van der Waals surface area contributed by atoms with Crippen molar-refractivity contribution in [2.75, 3.05) is 13.7 Å². The van der Waals surface area contributed by atoms with Crippen LogP contribution in [0.1, 0.15) is 32.9 Å². The number of methoxy groups -OCH3 is 1. The van der Waals surface area contributed by atoms with Crippen molar-refractivity contribution >= 4 is 5.91 Å². The summed E-state index contributed by atoms with van der Waals surface area (Å²) < 4.78 is 10.8. The van der Waals surface area contributed by atoms with Gasteiger partial charge in [0.25, 0.3) is 5.91 Å². The summed E-state index contributed by atoms with van der Waals surface area (Å²) in [6.45, 7) is 3.97. The number of fused-ring (bicyclic) bond motifs is 1. The van der Waals surface area contributed by atoms with E-state index in [1.807, 2.05) is 12.1 Å². The van der Waals surface area contributed by atoms with Gasteiger partial charge in [0, 0.05) is 26.5 Å². The van der Waals surface area contributed by atoms with Crippen LogP contribution in [0, 0.1) is 13.8 Å². The molecule has 0 bridgehead atoms. The summed E-state index contributed by atoms with van der Waals surface area (Å²) in [5, 5.41) is 6.79. The van der Waals surface area contributed by atoms with Crippen molar-refractivity contribution in [2.24, 2.45) is 0 Å². The number of nitrogens with one attached hydrogen (secondary N) is 1. The van der Waals surface area contributed by atoms with Gasteiger partial charge in [0.15, 0.2) is 0 Å². The molecule has 1 aliphatic rings. The Balaban J connectivity index is 1.72. The van der Waals surface area contributed by atoms with Crippen molar-refractivity contribution in [1.29, 1.82) is 0 Å². The van der Waals surface area contributed by atoms with Crippen molar-refractivity contribution < 1.29 is 14.1 Å². The first-order valence-corrected chi connectivity index (χ1v) is 7.38. The maximum Gasteiger partial charge on any atom is 0.256 e.